The van der Waals surface area contributed by atoms with E-state index in [1.165, 1.54) is 0 Å². The van der Waals surface area contributed by atoms with Crippen molar-refractivity contribution in [3.8, 4) is 11.7 Å². The average Bonchev–Trinajstić information content (AvgIpc) is 3.35. The monoisotopic (exact) mass is 385 g/mol. The van der Waals surface area contributed by atoms with Gasteiger partial charge in [0.05, 0.1) is 6.42 Å². The highest BCUT2D eigenvalue weighted by molar-refractivity contribution is 5.81. The molecule has 0 aliphatic carbocycles. The molecule has 3 heterocycles. The van der Waals surface area contributed by atoms with Crippen molar-refractivity contribution in [2.45, 2.75) is 6.42 Å². The molecule has 29 heavy (non-hydrogen) atoms. The number of nitrogen functional groups attached to an aromatic ring is 1. The first-order valence-corrected chi connectivity index (χ1v) is 8.87. The van der Waals surface area contributed by atoms with Gasteiger partial charge in [0, 0.05) is 11.1 Å². The molecule has 0 amide bonds. The van der Waals surface area contributed by atoms with Gasteiger partial charge in [-0.2, -0.15) is 19.9 Å². The molecule has 5 aromatic rings. The number of fused-ring (bicyclic) bond motifs is 1. The third kappa shape index (κ3) is 3.61. The Morgan fingerprint density at radius 1 is 0.862 bits per heavy atom. The van der Waals surface area contributed by atoms with E-state index < -0.39 is 0 Å². The molecule has 3 aromatic heterocycles. The molecule has 9 heteroatoms. The van der Waals surface area contributed by atoms with Crippen LogP contribution in [0.2, 0.25) is 0 Å². The van der Waals surface area contributed by atoms with Gasteiger partial charge in [0.1, 0.15) is 11.4 Å². The lowest BCUT2D eigenvalue weighted by molar-refractivity contribution is 0.412. The summed E-state index contributed by atoms with van der Waals surface area (Å²) in [5.74, 6) is 2.09. The zero-order valence-corrected chi connectivity index (χ0v) is 15.1. The highest BCUT2D eigenvalue weighted by Gasteiger charge is 2.15. The maximum Gasteiger partial charge on any atom is 0.293 e. The van der Waals surface area contributed by atoms with Crippen LogP contribution in [0.3, 0.4) is 0 Å². The van der Waals surface area contributed by atoms with Crippen molar-refractivity contribution in [1.82, 2.24) is 25.1 Å². The predicted molar refractivity (Wildman–Crippen MR) is 106 cm³/mol. The van der Waals surface area contributed by atoms with E-state index in [1.54, 1.807) is 0 Å². The van der Waals surface area contributed by atoms with Gasteiger partial charge in [0.2, 0.25) is 11.9 Å². The number of rotatable bonds is 5. The molecule has 0 bridgehead atoms. The van der Waals surface area contributed by atoms with E-state index in [4.69, 9.17) is 14.7 Å². The number of anilines is 3. The van der Waals surface area contributed by atoms with Crippen LogP contribution in [0, 0.1) is 0 Å². The second-order valence-corrected chi connectivity index (χ2v) is 6.27. The second kappa shape index (κ2) is 7.04. The Labute approximate surface area is 164 Å². The van der Waals surface area contributed by atoms with Crippen LogP contribution in [-0.4, -0.2) is 25.1 Å². The normalized spacial score (nSPS) is 11.0. The van der Waals surface area contributed by atoms with Gasteiger partial charge in [0.15, 0.2) is 11.6 Å². The molecule has 0 saturated heterocycles. The van der Waals surface area contributed by atoms with Crippen molar-refractivity contribution in [2.24, 2.45) is 0 Å². The Kier molecular flexibility index (Phi) is 4.10. The molecule has 0 atom stereocenters. The van der Waals surface area contributed by atoms with Gasteiger partial charge < -0.3 is 20.0 Å². The van der Waals surface area contributed by atoms with Gasteiger partial charge in [-0.05, 0) is 24.3 Å². The van der Waals surface area contributed by atoms with Crippen molar-refractivity contribution in [3.05, 3.63) is 72.3 Å². The van der Waals surface area contributed by atoms with E-state index in [0.29, 0.717) is 29.2 Å². The summed E-state index contributed by atoms with van der Waals surface area (Å²) < 4.78 is 11.1. The summed E-state index contributed by atoms with van der Waals surface area (Å²) in [7, 11) is 0. The van der Waals surface area contributed by atoms with Crippen LogP contribution in [0.25, 0.3) is 22.6 Å². The van der Waals surface area contributed by atoms with Crippen LogP contribution < -0.4 is 11.1 Å². The molecule has 0 saturated carbocycles. The van der Waals surface area contributed by atoms with E-state index in [2.05, 4.69) is 30.4 Å². The van der Waals surface area contributed by atoms with Crippen molar-refractivity contribution < 1.29 is 8.94 Å². The molecule has 0 unspecified atom stereocenters. The van der Waals surface area contributed by atoms with E-state index in [-0.39, 0.29) is 12.4 Å². The number of hydrogen-bond acceptors (Lipinski definition) is 9. The maximum atomic E-state index is 5.82. The number of para-hydroxylation sites is 2. The topological polar surface area (TPSA) is 129 Å². The molecule has 9 nitrogen and oxygen atoms in total. The number of nitrogens with two attached hydrogens (primary N) is 1. The zero-order chi connectivity index (χ0) is 19.6. The van der Waals surface area contributed by atoms with Crippen LogP contribution in [0.5, 0.6) is 0 Å². The second-order valence-electron chi connectivity index (χ2n) is 6.27. The first-order chi connectivity index (χ1) is 14.2. The van der Waals surface area contributed by atoms with Gasteiger partial charge in [0.25, 0.3) is 5.89 Å². The Morgan fingerprint density at radius 2 is 1.69 bits per heavy atom. The molecular formula is C20H15N7O2. The zero-order valence-electron chi connectivity index (χ0n) is 15.1. The summed E-state index contributed by atoms with van der Waals surface area (Å²) in [6, 6.07) is 19.1. The number of furan rings is 1. The summed E-state index contributed by atoms with van der Waals surface area (Å²) in [5, 5.41) is 8.05. The van der Waals surface area contributed by atoms with Crippen molar-refractivity contribution in [2.75, 3.05) is 11.1 Å². The Morgan fingerprint density at radius 3 is 2.55 bits per heavy atom. The van der Waals surface area contributed by atoms with Gasteiger partial charge in [-0.15, -0.1) is 0 Å². The Balaban J connectivity index is 1.38. The highest BCUT2D eigenvalue weighted by Crippen LogP contribution is 2.26. The van der Waals surface area contributed by atoms with E-state index in [0.717, 1.165) is 16.7 Å². The van der Waals surface area contributed by atoms with Crippen LogP contribution >= 0.6 is 0 Å². The molecular weight excluding hydrogens is 370 g/mol. The lowest BCUT2D eigenvalue weighted by Gasteiger charge is -2.06. The smallest absolute Gasteiger partial charge is 0.293 e. The van der Waals surface area contributed by atoms with Gasteiger partial charge in [-0.3, -0.25) is 0 Å². The molecule has 0 spiro atoms. The maximum absolute atomic E-state index is 5.82. The van der Waals surface area contributed by atoms with Crippen LogP contribution in [0.4, 0.5) is 17.6 Å². The molecule has 2 aromatic carbocycles. The summed E-state index contributed by atoms with van der Waals surface area (Å²) in [5.41, 5.74) is 7.42. The predicted octanol–water partition coefficient (Wildman–Crippen LogP) is 3.58. The number of aromatic nitrogens is 5. The molecule has 142 valence electrons. The fourth-order valence-corrected chi connectivity index (χ4v) is 2.88. The molecule has 5 rings (SSSR count). The molecule has 3 N–H and O–H groups in total. The summed E-state index contributed by atoms with van der Waals surface area (Å²) in [6.45, 7) is 0. The lowest BCUT2D eigenvalue weighted by atomic mass is 10.2. The average molecular weight is 385 g/mol. The number of nitrogens with zero attached hydrogens (tertiary/aromatic N) is 5. The lowest BCUT2D eigenvalue weighted by Crippen LogP contribution is -2.08. The first kappa shape index (κ1) is 16.9. The Hall–Kier alpha value is -4.27. The van der Waals surface area contributed by atoms with Crippen molar-refractivity contribution in [3.63, 3.8) is 0 Å². The van der Waals surface area contributed by atoms with Crippen LogP contribution in [0.15, 0.2) is 69.6 Å². The SMILES string of the molecule is Nc1nc(Cc2noc(-c3cc4ccccc4o3)n2)nc(Nc2ccccc2)n1. The van der Waals surface area contributed by atoms with E-state index >= 15 is 0 Å². The third-order valence-electron chi connectivity index (χ3n) is 4.15. The summed E-state index contributed by atoms with van der Waals surface area (Å²) >= 11 is 0. The summed E-state index contributed by atoms with van der Waals surface area (Å²) in [6.07, 6.45) is 0.236. The van der Waals surface area contributed by atoms with Crippen LogP contribution in [0.1, 0.15) is 11.6 Å². The number of benzene rings is 2. The van der Waals surface area contributed by atoms with Gasteiger partial charge in [-0.25, -0.2) is 0 Å². The highest BCUT2D eigenvalue weighted by atomic mass is 16.5. The Bertz CT molecular complexity index is 1250. The fourth-order valence-electron chi connectivity index (χ4n) is 2.88. The number of hydrogen-bond donors (Lipinski definition) is 2. The minimum atomic E-state index is 0.106. The van der Waals surface area contributed by atoms with Crippen molar-refractivity contribution >= 4 is 28.6 Å². The van der Waals surface area contributed by atoms with Crippen molar-refractivity contribution in [1.29, 1.82) is 0 Å². The largest absolute Gasteiger partial charge is 0.451 e. The van der Waals surface area contributed by atoms with E-state index in [9.17, 15) is 0 Å². The first-order valence-electron chi connectivity index (χ1n) is 8.87. The van der Waals surface area contributed by atoms with E-state index in [1.807, 2.05) is 60.7 Å². The summed E-state index contributed by atoms with van der Waals surface area (Å²) in [4.78, 5) is 17.0. The minimum Gasteiger partial charge on any atom is -0.451 e. The molecule has 0 radical (unpaired) electrons. The van der Waals surface area contributed by atoms with Crippen LogP contribution in [-0.2, 0) is 6.42 Å². The van der Waals surface area contributed by atoms with Gasteiger partial charge in [-0.1, -0.05) is 41.6 Å². The van der Waals surface area contributed by atoms with Gasteiger partial charge >= 0.3 is 0 Å². The quantitative estimate of drug-likeness (QED) is 0.466. The third-order valence-corrected chi connectivity index (χ3v) is 4.15. The molecule has 0 aliphatic rings. The standard InChI is InChI=1S/C20H15N7O2/c21-19-24-16(25-20(26-19)22-13-7-2-1-3-8-13)11-17-23-18(29-27-17)15-10-12-6-4-5-9-14(12)28-15/h1-10H,11H2,(H3,21,22,24,25,26). The number of nitrogens with one attached hydrogen (secondary N) is 1. The fraction of sp³-hybridized carbons (Fsp3) is 0.0500. The minimum absolute atomic E-state index is 0.106. The molecule has 0 aliphatic heterocycles. The molecule has 0 fully saturated rings.